The zero-order valence-corrected chi connectivity index (χ0v) is 17.0. The average Bonchev–Trinajstić information content (AvgIpc) is 2.80. The van der Waals surface area contributed by atoms with Crippen LogP contribution < -0.4 is 0 Å². The highest BCUT2D eigenvalue weighted by molar-refractivity contribution is 5.86. The first-order valence-electron chi connectivity index (χ1n) is 9.40. The molecule has 3 rings (SSSR count). The second-order valence-electron chi connectivity index (χ2n) is 9.10. The molecule has 2 saturated heterocycles. The molecule has 152 valence electrons. The van der Waals surface area contributed by atoms with Gasteiger partial charge in [-0.15, -0.1) is 0 Å². The van der Waals surface area contributed by atoms with E-state index < -0.39 is 41.0 Å². The number of likely N-dealkylation sites (tertiary alicyclic amines) is 1. The van der Waals surface area contributed by atoms with Crippen LogP contribution in [-0.2, 0) is 28.5 Å². The van der Waals surface area contributed by atoms with E-state index in [0.29, 0.717) is 0 Å². The standard InChI is InChI=1S/C19H29NO7/c1-8-24-15(22)13-11-10(9-20(13)16(23)26-17(2,3)4)12-14(21)25-18(5,6)27-19(11,12)7/h10-13H,8-9H2,1-7H3/t10-,11-,12+,13+,19+/m1/s1. The molecule has 3 aliphatic rings. The van der Waals surface area contributed by atoms with Gasteiger partial charge < -0.3 is 18.9 Å². The minimum absolute atomic E-state index is 0.198. The lowest BCUT2D eigenvalue weighted by Crippen LogP contribution is -2.72. The zero-order chi connectivity index (χ0) is 20.4. The van der Waals surface area contributed by atoms with E-state index in [0.717, 1.165) is 0 Å². The van der Waals surface area contributed by atoms with Crippen LogP contribution >= 0.6 is 0 Å². The van der Waals surface area contributed by atoms with Gasteiger partial charge in [0.2, 0.25) is 5.79 Å². The van der Waals surface area contributed by atoms with Gasteiger partial charge in [0.25, 0.3) is 0 Å². The molecule has 1 aliphatic carbocycles. The van der Waals surface area contributed by atoms with Gasteiger partial charge in [-0.3, -0.25) is 9.69 Å². The number of rotatable bonds is 2. The zero-order valence-electron chi connectivity index (χ0n) is 17.0. The van der Waals surface area contributed by atoms with Gasteiger partial charge in [0.05, 0.1) is 18.1 Å². The van der Waals surface area contributed by atoms with Gasteiger partial charge in [0, 0.05) is 32.2 Å². The smallest absolute Gasteiger partial charge is 0.411 e. The average molecular weight is 383 g/mol. The van der Waals surface area contributed by atoms with Crippen molar-refractivity contribution in [3.63, 3.8) is 0 Å². The molecular weight excluding hydrogens is 354 g/mol. The number of carbonyl (C=O) groups excluding carboxylic acids is 3. The van der Waals surface area contributed by atoms with Gasteiger partial charge in [-0.05, 0) is 34.6 Å². The van der Waals surface area contributed by atoms with Crippen LogP contribution in [0.15, 0.2) is 0 Å². The molecule has 0 unspecified atom stereocenters. The number of fused-ring (bicyclic) bond motifs is 4. The predicted octanol–water partition coefficient (Wildman–Crippen LogP) is 2.10. The van der Waals surface area contributed by atoms with Gasteiger partial charge >= 0.3 is 18.0 Å². The van der Waals surface area contributed by atoms with Crippen LogP contribution in [-0.4, -0.2) is 59.1 Å². The summed E-state index contributed by atoms with van der Waals surface area (Å²) in [4.78, 5) is 39.4. The monoisotopic (exact) mass is 383 g/mol. The van der Waals surface area contributed by atoms with E-state index >= 15 is 0 Å². The van der Waals surface area contributed by atoms with Crippen LogP contribution in [0.5, 0.6) is 0 Å². The summed E-state index contributed by atoms with van der Waals surface area (Å²) in [7, 11) is 0. The highest BCUT2D eigenvalue weighted by Crippen LogP contribution is 2.61. The maximum Gasteiger partial charge on any atom is 0.411 e. The topological polar surface area (TPSA) is 91.4 Å². The normalized spacial score (nSPS) is 36.9. The summed E-state index contributed by atoms with van der Waals surface area (Å²) < 4.78 is 22.2. The molecule has 0 aromatic rings. The first kappa shape index (κ1) is 19.9. The molecule has 2 heterocycles. The van der Waals surface area contributed by atoms with Crippen LogP contribution in [0.2, 0.25) is 0 Å². The Hall–Kier alpha value is -1.83. The number of esters is 2. The molecule has 3 fully saturated rings. The molecular formula is C19H29NO7. The molecule has 27 heavy (non-hydrogen) atoms. The lowest BCUT2D eigenvalue weighted by Gasteiger charge is -2.60. The molecule has 0 bridgehead atoms. The number of ether oxygens (including phenoxy) is 4. The van der Waals surface area contributed by atoms with Gasteiger partial charge in [-0.2, -0.15) is 0 Å². The summed E-state index contributed by atoms with van der Waals surface area (Å²) >= 11 is 0. The number of cyclic esters (lactones) is 1. The molecule has 5 atom stereocenters. The predicted molar refractivity (Wildman–Crippen MR) is 93.5 cm³/mol. The number of hydrogen-bond donors (Lipinski definition) is 0. The SMILES string of the molecule is CCOC(=O)[C@@H]1[C@H]2[C@@H](CN1C(=O)OC(C)(C)C)[C@H]1C(=O)OC(C)(C)O[C@@]21C. The lowest BCUT2D eigenvalue weighted by atomic mass is 9.53. The Labute approximate surface area is 159 Å². The van der Waals surface area contributed by atoms with E-state index in [9.17, 15) is 14.4 Å². The molecule has 1 saturated carbocycles. The molecule has 0 aromatic carbocycles. The van der Waals surface area contributed by atoms with Gasteiger partial charge in [-0.25, -0.2) is 9.59 Å². The van der Waals surface area contributed by atoms with Crippen molar-refractivity contribution >= 4 is 18.0 Å². The first-order valence-corrected chi connectivity index (χ1v) is 9.40. The second kappa shape index (κ2) is 6.09. The molecule has 0 aromatic heterocycles. The van der Waals surface area contributed by atoms with Crippen molar-refractivity contribution in [1.82, 2.24) is 4.90 Å². The van der Waals surface area contributed by atoms with Crippen molar-refractivity contribution in [2.45, 2.75) is 71.5 Å². The van der Waals surface area contributed by atoms with Crippen molar-refractivity contribution in [3.05, 3.63) is 0 Å². The van der Waals surface area contributed by atoms with E-state index in [2.05, 4.69) is 0 Å². The van der Waals surface area contributed by atoms with Gasteiger partial charge in [0.15, 0.2) is 0 Å². The van der Waals surface area contributed by atoms with Crippen LogP contribution in [0.25, 0.3) is 0 Å². The Balaban J connectivity index is 1.94. The Morgan fingerprint density at radius 2 is 1.89 bits per heavy atom. The summed E-state index contributed by atoms with van der Waals surface area (Å²) in [5, 5.41) is 0. The van der Waals surface area contributed by atoms with Crippen molar-refractivity contribution in [1.29, 1.82) is 0 Å². The third-order valence-electron chi connectivity index (χ3n) is 5.47. The summed E-state index contributed by atoms with van der Waals surface area (Å²) in [6, 6.07) is -0.854. The summed E-state index contributed by atoms with van der Waals surface area (Å²) in [5.41, 5.74) is -1.61. The first-order chi connectivity index (χ1) is 12.3. The Morgan fingerprint density at radius 3 is 2.44 bits per heavy atom. The Kier molecular flexibility index (Phi) is 4.49. The highest BCUT2D eigenvalue weighted by atomic mass is 16.7. The third kappa shape index (κ3) is 3.17. The fraction of sp³-hybridized carbons (Fsp3) is 0.842. The molecule has 1 amide bonds. The number of amides is 1. The number of carbonyl (C=O) groups is 3. The van der Waals surface area contributed by atoms with Crippen LogP contribution in [0.1, 0.15) is 48.5 Å². The number of nitrogens with zero attached hydrogens (tertiary/aromatic N) is 1. The quantitative estimate of drug-likeness (QED) is 0.533. The minimum Gasteiger partial charge on any atom is -0.464 e. The van der Waals surface area contributed by atoms with E-state index in [1.807, 2.05) is 6.92 Å². The number of hydrogen-bond acceptors (Lipinski definition) is 7. The van der Waals surface area contributed by atoms with Crippen molar-refractivity contribution in [2.24, 2.45) is 17.8 Å². The lowest BCUT2D eigenvalue weighted by molar-refractivity contribution is -0.353. The van der Waals surface area contributed by atoms with Crippen LogP contribution in [0.3, 0.4) is 0 Å². The Morgan fingerprint density at radius 1 is 1.26 bits per heavy atom. The van der Waals surface area contributed by atoms with Crippen LogP contribution in [0, 0.1) is 17.8 Å². The van der Waals surface area contributed by atoms with E-state index in [-0.39, 0.29) is 31.0 Å². The van der Waals surface area contributed by atoms with Crippen LogP contribution in [0.4, 0.5) is 4.79 Å². The minimum atomic E-state index is -1.09. The fourth-order valence-electron chi connectivity index (χ4n) is 4.85. The second-order valence-corrected chi connectivity index (χ2v) is 9.10. The largest absolute Gasteiger partial charge is 0.464 e. The summed E-state index contributed by atoms with van der Waals surface area (Å²) in [5.74, 6) is -3.08. The molecule has 0 N–H and O–H groups in total. The Bertz CT molecular complexity index is 667. The van der Waals surface area contributed by atoms with E-state index in [1.54, 1.807) is 41.5 Å². The molecule has 2 aliphatic heterocycles. The van der Waals surface area contributed by atoms with Crippen molar-refractivity contribution < 1.29 is 33.3 Å². The van der Waals surface area contributed by atoms with Crippen molar-refractivity contribution in [2.75, 3.05) is 13.2 Å². The maximum atomic E-state index is 12.8. The highest BCUT2D eigenvalue weighted by Gasteiger charge is 2.75. The van der Waals surface area contributed by atoms with Gasteiger partial charge in [0.1, 0.15) is 11.6 Å². The van der Waals surface area contributed by atoms with Gasteiger partial charge in [-0.1, -0.05) is 0 Å². The molecule has 8 nitrogen and oxygen atoms in total. The molecule has 0 spiro atoms. The van der Waals surface area contributed by atoms with E-state index in [4.69, 9.17) is 18.9 Å². The fourth-order valence-corrected chi connectivity index (χ4v) is 4.85. The molecule has 0 radical (unpaired) electrons. The summed E-state index contributed by atoms with van der Waals surface area (Å²) in [6.45, 7) is 12.6. The van der Waals surface area contributed by atoms with Crippen molar-refractivity contribution in [3.8, 4) is 0 Å². The summed E-state index contributed by atoms with van der Waals surface area (Å²) in [6.07, 6.45) is -0.595. The van der Waals surface area contributed by atoms with E-state index in [1.165, 1.54) is 4.90 Å². The third-order valence-corrected chi connectivity index (χ3v) is 5.47. The maximum absolute atomic E-state index is 12.8. The molecule has 8 heteroatoms.